The van der Waals surface area contributed by atoms with Gasteiger partial charge in [0.2, 0.25) is 0 Å². The van der Waals surface area contributed by atoms with E-state index in [4.69, 9.17) is 0 Å². The first-order valence-corrected chi connectivity index (χ1v) is 7.61. The Labute approximate surface area is 112 Å². The van der Waals surface area contributed by atoms with Crippen LogP contribution in [0.4, 0.5) is 4.79 Å². The van der Waals surface area contributed by atoms with E-state index in [1.54, 1.807) is 0 Å². The third kappa shape index (κ3) is 15.3. The molecule has 0 aliphatic carbocycles. The van der Waals surface area contributed by atoms with Crippen LogP contribution in [0, 0.1) is 0 Å². The van der Waals surface area contributed by atoms with E-state index in [2.05, 4.69) is 11.7 Å². The Morgan fingerprint density at radius 1 is 0.722 bits per heavy atom. The van der Waals surface area contributed by atoms with Gasteiger partial charge in [-0.3, -0.25) is 0 Å². The van der Waals surface area contributed by atoms with Crippen LogP contribution in [0.3, 0.4) is 0 Å². The fourth-order valence-electron chi connectivity index (χ4n) is 2.10. The lowest BCUT2D eigenvalue weighted by molar-refractivity contribution is 0.0664. The van der Waals surface area contributed by atoms with Crippen molar-refractivity contribution in [3.8, 4) is 0 Å². The number of unbranched alkanes of at least 4 members (excludes halogenated alkanes) is 11. The Kier molecular flexibility index (Phi) is 13.8. The topological polar surface area (TPSA) is 46.2 Å². The van der Waals surface area contributed by atoms with E-state index in [0.717, 1.165) is 12.8 Å². The van der Waals surface area contributed by atoms with Gasteiger partial charge in [-0.25, -0.2) is 0 Å². The van der Waals surface area contributed by atoms with Crippen molar-refractivity contribution in [2.75, 3.05) is 6.61 Å². The molecule has 3 nitrogen and oxygen atoms in total. The number of rotatable bonds is 13. The van der Waals surface area contributed by atoms with Crippen molar-refractivity contribution >= 4 is 6.16 Å². The van der Waals surface area contributed by atoms with E-state index in [9.17, 15) is 9.90 Å². The molecule has 0 rings (SSSR count). The lowest BCUT2D eigenvalue weighted by Gasteiger charge is -2.02. The first-order chi connectivity index (χ1) is 8.77. The van der Waals surface area contributed by atoms with Crippen molar-refractivity contribution in [1.82, 2.24) is 0 Å². The van der Waals surface area contributed by atoms with Crippen molar-refractivity contribution in [3.63, 3.8) is 0 Å². The van der Waals surface area contributed by atoms with Crippen molar-refractivity contribution in [3.05, 3.63) is 0 Å². The molecule has 0 bridgehead atoms. The van der Waals surface area contributed by atoms with E-state index >= 15 is 0 Å². The molecule has 0 aromatic heterocycles. The van der Waals surface area contributed by atoms with Gasteiger partial charge in [-0.1, -0.05) is 77.6 Å². The monoisotopic (exact) mass is 257 g/mol. The highest BCUT2D eigenvalue weighted by Gasteiger charge is 1.98. The van der Waals surface area contributed by atoms with E-state index in [0.29, 0.717) is 6.61 Å². The van der Waals surface area contributed by atoms with Crippen LogP contribution in [-0.4, -0.2) is 12.8 Å². The minimum atomic E-state index is -1.40. The summed E-state index contributed by atoms with van der Waals surface area (Å²) in [6.07, 6.45) is 13.9. The second kappa shape index (κ2) is 14.3. The largest absolute Gasteiger partial charge is 0.549 e. The molecule has 0 N–H and O–H groups in total. The molecule has 1 radical (unpaired) electrons. The van der Waals surface area contributed by atoms with Gasteiger partial charge in [0, 0.05) is 0 Å². The van der Waals surface area contributed by atoms with Gasteiger partial charge in [-0.15, -0.1) is 0 Å². The highest BCUT2D eigenvalue weighted by molar-refractivity contribution is 5.56. The van der Waals surface area contributed by atoms with Gasteiger partial charge < -0.3 is 4.74 Å². The Balaban J connectivity index is 2.92. The van der Waals surface area contributed by atoms with Crippen LogP contribution >= 0.6 is 0 Å². The van der Waals surface area contributed by atoms with E-state index in [-0.39, 0.29) is 0 Å². The van der Waals surface area contributed by atoms with Crippen molar-refractivity contribution in [1.29, 1.82) is 0 Å². The number of hydrogen-bond donors (Lipinski definition) is 0. The predicted octanol–water partition coefficient (Wildman–Crippen LogP) is 5.25. The molecule has 0 heterocycles. The summed E-state index contributed by atoms with van der Waals surface area (Å²) in [7, 11) is 0. The zero-order valence-corrected chi connectivity index (χ0v) is 11.9. The van der Waals surface area contributed by atoms with Crippen LogP contribution < -0.4 is 0 Å². The highest BCUT2D eigenvalue weighted by atomic mass is 16.7. The minimum Gasteiger partial charge on any atom is -0.432 e. The maximum atomic E-state index is 9.97. The summed E-state index contributed by atoms with van der Waals surface area (Å²) in [5, 5.41) is 9.97. The van der Waals surface area contributed by atoms with Crippen molar-refractivity contribution < 1.29 is 14.6 Å². The maximum absolute atomic E-state index is 9.97. The summed E-state index contributed by atoms with van der Waals surface area (Å²) in [5.41, 5.74) is 0. The number of hydrogen-bond acceptors (Lipinski definition) is 2. The maximum Gasteiger partial charge on any atom is 0.549 e. The van der Waals surface area contributed by atoms with Gasteiger partial charge in [0.15, 0.2) is 0 Å². The van der Waals surface area contributed by atoms with Crippen LogP contribution in [-0.2, 0) is 9.84 Å². The average molecular weight is 257 g/mol. The Morgan fingerprint density at radius 3 is 1.50 bits per heavy atom. The zero-order valence-electron chi connectivity index (χ0n) is 11.9. The Bertz CT molecular complexity index is 181. The normalized spacial score (nSPS) is 10.5. The van der Waals surface area contributed by atoms with Crippen molar-refractivity contribution in [2.24, 2.45) is 0 Å². The molecule has 107 valence electrons. The van der Waals surface area contributed by atoms with Gasteiger partial charge in [-0.05, 0) is 6.42 Å². The highest BCUT2D eigenvalue weighted by Crippen LogP contribution is 2.11. The third-order valence-corrected chi connectivity index (χ3v) is 3.22. The molecule has 0 fully saturated rings. The number of carbonyl (C=O) groups excluding carboxylic acids is 1. The lowest BCUT2D eigenvalue weighted by Crippen LogP contribution is -1.99. The standard InChI is InChI=1S/C15H29O3/c1-2-3-4-5-6-7-8-9-10-11-12-13-14-18-15(16)17/h2-14H2,1H3. The van der Waals surface area contributed by atoms with Crippen LogP contribution in [0.15, 0.2) is 0 Å². The van der Waals surface area contributed by atoms with Crippen LogP contribution in [0.25, 0.3) is 0 Å². The van der Waals surface area contributed by atoms with Crippen molar-refractivity contribution in [2.45, 2.75) is 84.0 Å². The molecule has 3 heteroatoms. The molecule has 0 aliphatic rings. The second-order valence-electron chi connectivity index (χ2n) is 4.99. The molecule has 0 aliphatic heterocycles. The summed E-state index contributed by atoms with van der Waals surface area (Å²) in [4.78, 5) is 9.97. The van der Waals surface area contributed by atoms with Gasteiger partial charge in [0.1, 0.15) is 0 Å². The fraction of sp³-hybridized carbons (Fsp3) is 0.933. The molecule has 18 heavy (non-hydrogen) atoms. The first-order valence-electron chi connectivity index (χ1n) is 7.61. The quantitative estimate of drug-likeness (QED) is 0.334. The summed E-state index contributed by atoms with van der Waals surface area (Å²) in [6.45, 7) is 2.54. The molecule has 0 saturated heterocycles. The molecule has 0 unspecified atom stereocenters. The van der Waals surface area contributed by atoms with Gasteiger partial charge in [-0.2, -0.15) is 9.90 Å². The van der Waals surface area contributed by atoms with E-state index in [1.807, 2.05) is 0 Å². The van der Waals surface area contributed by atoms with Crippen LogP contribution in [0.1, 0.15) is 84.0 Å². The minimum absolute atomic E-state index is 0.291. The van der Waals surface area contributed by atoms with E-state index < -0.39 is 6.16 Å². The zero-order chi connectivity index (χ0) is 13.5. The number of ether oxygens (including phenoxy) is 1. The first kappa shape index (κ1) is 17.3. The van der Waals surface area contributed by atoms with Gasteiger partial charge in [0.25, 0.3) is 0 Å². The number of carbonyl (C=O) groups is 1. The molecule has 0 spiro atoms. The SMILES string of the molecule is CCCCCCCCCCCCCCOC([O])=O. The van der Waals surface area contributed by atoms with Gasteiger partial charge >= 0.3 is 6.16 Å². The second-order valence-corrected chi connectivity index (χ2v) is 4.99. The smallest absolute Gasteiger partial charge is 0.432 e. The summed E-state index contributed by atoms with van der Waals surface area (Å²) in [6, 6.07) is 0. The fourth-order valence-corrected chi connectivity index (χ4v) is 2.10. The average Bonchev–Trinajstić information content (AvgIpc) is 2.34. The molecule has 0 saturated carbocycles. The molecule has 0 atom stereocenters. The van der Waals surface area contributed by atoms with E-state index in [1.165, 1.54) is 64.2 Å². The lowest BCUT2D eigenvalue weighted by atomic mass is 10.1. The molecule has 0 aromatic carbocycles. The molecule has 0 amide bonds. The molecular weight excluding hydrogens is 228 g/mol. The third-order valence-electron chi connectivity index (χ3n) is 3.22. The van der Waals surface area contributed by atoms with Gasteiger partial charge in [0.05, 0.1) is 6.61 Å². The van der Waals surface area contributed by atoms with Crippen LogP contribution in [0.2, 0.25) is 0 Å². The Hall–Kier alpha value is -0.730. The summed E-state index contributed by atoms with van der Waals surface area (Å²) in [5.74, 6) is 0. The predicted molar refractivity (Wildman–Crippen MR) is 73.1 cm³/mol. The summed E-state index contributed by atoms with van der Waals surface area (Å²) < 4.78 is 4.34. The van der Waals surface area contributed by atoms with Crippen LogP contribution in [0.5, 0.6) is 0 Å². The molecule has 0 aromatic rings. The molecular formula is C15H29O3. The Morgan fingerprint density at radius 2 is 1.11 bits per heavy atom. The summed E-state index contributed by atoms with van der Waals surface area (Å²) >= 11 is 0.